The molecule has 40 heavy (non-hydrogen) atoms. The Kier molecular flexibility index (Phi) is 6.61. The zero-order chi connectivity index (χ0) is 27.5. The zero-order valence-electron chi connectivity index (χ0n) is 22.1. The maximum absolute atomic E-state index is 16.7. The number of hydrogen-bond acceptors (Lipinski definition) is 8. The first-order chi connectivity index (χ1) is 19.4. The summed E-state index contributed by atoms with van der Waals surface area (Å²) < 4.78 is 24.4. The van der Waals surface area contributed by atoms with Crippen molar-refractivity contribution in [3.8, 4) is 23.2 Å². The number of benzene rings is 2. The number of anilines is 2. The third-order valence-corrected chi connectivity index (χ3v) is 10.9. The third kappa shape index (κ3) is 4.32. The van der Waals surface area contributed by atoms with Crippen LogP contribution in [0.2, 0.25) is 5.02 Å². The molecule has 3 atom stereocenters. The number of hydrogen-bond donors (Lipinski definition) is 2. The van der Waals surface area contributed by atoms with Crippen molar-refractivity contribution in [2.45, 2.75) is 43.8 Å². The second-order valence-corrected chi connectivity index (χ2v) is 13.7. The average molecular weight is 625 g/mol. The van der Waals surface area contributed by atoms with Crippen molar-refractivity contribution in [2.75, 3.05) is 43.9 Å². The molecule has 0 aliphatic carbocycles. The van der Waals surface area contributed by atoms with Crippen LogP contribution in [0.5, 0.6) is 6.01 Å². The maximum atomic E-state index is 16.7. The van der Waals surface area contributed by atoms with Crippen LogP contribution in [0.3, 0.4) is 0 Å². The van der Waals surface area contributed by atoms with Gasteiger partial charge in [-0.15, -0.1) is 0 Å². The summed E-state index contributed by atoms with van der Waals surface area (Å²) in [5.74, 6) is 0.102. The third-order valence-electron chi connectivity index (χ3n) is 8.56. The number of likely N-dealkylation sites (N-methyl/N-ethyl adjacent to an activating group) is 1. The molecule has 3 aliphatic heterocycles. The van der Waals surface area contributed by atoms with Crippen LogP contribution in [-0.4, -0.2) is 80.8 Å². The molecular weight excluding hydrogens is 596 g/mol. The first-order valence-electron chi connectivity index (χ1n) is 13.7. The Balaban J connectivity index is 1.40. The summed E-state index contributed by atoms with van der Waals surface area (Å²) in [6, 6.07) is 10.8. The number of aromatic nitrogens is 2. The standard InChI is InChI=1S/C29H29ClFN7OSe/c1-37-9-3-4-17(37)14-39-29-35-26-19(28(36-29)38-12-15-7-8-16(13-38)34-15)10-21(30)24(25(26)31)18-5-2-6-22-23(18)20(11-32)27(33)40-22/h2,5-6,10,15-17,34H,3-4,7-9,12-14,33H2,1H3/t15-,16+,17-/m1/s1. The number of rotatable bonds is 5. The molecule has 4 aromatic rings. The van der Waals surface area contributed by atoms with Crippen LogP contribution in [0.1, 0.15) is 31.2 Å². The van der Waals surface area contributed by atoms with Gasteiger partial charge in [0.2, 0.25) is 0 Å². The number of nitrogens with two attached hydrogens (primary N) is 1. The Labute approximate surface area is 242 Å². The van der Waals surface area contributed by atoms with Gasteiger partial charge in [-0.25, -0.2) is 0 Å². The van der Waals surface area contributed by atoms with Crippen LogP contribution in [0.25, 0.3) is 31.7 Å². The molecule has 5 heterocycles. The Morgan fingerprint density at radius 1 is 1.25 bits per heavy atom. The molecule has 0 amide bonds. The van der Waals surface area contributed by atoms with E-state index >= 15 is 4.39 Å². The molecule has 3 saturated heterocycles. The fourth-order valence-electron chi connectivity index (χ4n) is 6.53. The monoisotopic (exact) mass is 625 g/mol. The van der Waals surface area contributed by atoms with Crippen LogP contribution < -0.4 is 20.7 Å². The van der Waals surface area contributed by atoms with Crippen molar-refractivity contribution in [3.05, 3.63) is 40.7 Å². The summed E-state index contributed by atoms with van der Waals surface area (Å²) in [6.07, 6.45) is 4.39. The number of nitrogen functional groups attached to an aromatic ring is 1. The summed E-state index contributed by atoms with van der Waals surface area (Å²) in [7, 11) is 2.09. The van der Waals surface area contributed by atoms with E-state index in [0.29, 0.717) is 51.0 Å². The topological polar surface area (TPSA) is 103 Å². The van der Waals surface area contributed by atoms with Gasteiger partial charge in [-0.2, -0.15) is 0 Å². The van der Waals surface area contributed by atoms with Crippen molar-refractivity contribution >= 4 is 57.0 Å². The molecule has 3 fully saturated rings. The van der Waals surface area contributed by atoms with Crippen LogP contribution in [0.15, 0.2) is 24.3 Å². The second-order valence-electron chi connectivity index (χ2n) is 11.0. The van der Waals surface area contributed by atoms with E-state index in [-0.39, 0.29) is 42.7 Å². The first kappa shape index (κ1) is 26.0. The minimum absolute atomic E-state index is 0.168. The van der Waals surface area contributed by atoms with Gasteiger partial charge >= 0.3 is 223 Å². The number of likely N-dealkylation sites (tertiary alicyclic amines) is 1. The molecule has 0 saturated carbocycles. The van der Waals surface area contributed by atoms with Crippen LogP contribution in [0, 0.1) is 17.1 Å². The predicted molar refractivity (Wildman–Crippen MR) is 157 cm³/mol. The Bertz CT molecular complexity index is 1680. The number of fused-ring (bicyclic) bond motifs is 4. The SMILES string of the molecule is CN1CCC[C@@H]1COc1nc(N2C[C@H]3CC[C@@H](C2)N3)c2cc(Cl)c(-c3cccc4[se]c(N)c(C#N)c34)c(F)c2n1. The van der Waals surface area contributed by atoms with E-state index in [4.69, 9.17) is 27.1 Å². The summed E-state index contributed by atoms with van der Waals surface area (Å²) in [6.45, 7) is 3.03. The van der Waals surface area contributed by atoms with Gasteiger partial charge in [0.05, 0.1) is 0 Å². The van der Waals surface area contributed by atoms with Crippen LogP contribution in [0.4, 0.5) is 14.8 Å². The fourth-order valence-corrected chi connectivity index (χ4v) is 8.81. The van der Waals surface area contributed by atoms with E-state index in [9.17, 15) is 5.26 Å². The normalized spacial score (nSPS) is 22.9. The molecular formula is C29H29ClFN7OSe. The fraction of sp³-hybridized carbons (Fsp3) is 0.414. The number of nitriles is 1. The molecule has 0 unspecified atom stereocenters. The van der Waals surface area contributed by atoms with Gasteiger partial charge in [0.25, 0.3) is 0 Å². The van der Waals surface area contributed by atoms with Crippen molar-refractivity contribution in [2.24, 2.45) is 0 Å². The first-order valence-corrected chi connectivity index (χ1v) is 15.8. The molecule has 3 N–H and O–H groups in total. The quantitative estimate of drug-likeness (QED) is 0.319. The number of piperazine rings is 1. The van der Waals surface area contributed by atoms with Crippen molar-refractivity contribution in [1.82, 2.24) is 20.2 Å². The predicted octanol–water partition coefficient (Wildman–Crippen LogP) is 4.17. The second kappa shape index (κ2) is 10.2. The minimum atomic E-state index is -0.546. The van der Waals surface area contributed by atoms with Crippen molar-refractivity contribution < 1.29 is 9.13 Å². The van der Waals surface area contributed by atoms with Crippen molar-refractivity contribution in [3.63, 3.8) is 0 Å². The summed E-state index contributed by atoms with van der Waals surface area (Å²) >= 11 is 6.67. The van der Waals surface area contributed by atoms with Gasteiger partial charge in [-0.05, 0) is 20.0 Å². The van der Waals surface area contributed by atoms with Crippen LogP contribution in [-0.2, 0) is 0 Å². The molecule has 11 heteroatoms. The van der Waals surface area contributed by atoms with Gasteiger partial charge in [0, 0.05) is 0 Å². The Morgan fingerprint density at radius 3 is 2.77 bits per heavy atom. The van der Waals surface area contributed by atoms with Gasteiger partial charge in [-0.3, -0.25) is 0 Å². The molecule has 0 spiro atoms. The molecule has 8 nitrogen and oxygen atoms in total. The number of ether oxygens (including phenoxy) is 1. The number of nitrogens with zero attached hydrogens (tertiary/aromatic N) is 5. The summed E-state index contributed by atoms with van der Waals surface area (Å²) in [4.78, 5) is 14.0. The van der Waals surface area contributed by atoms with Gasteiger partial charge in [0.1, 0.15) is 0 Å². The molecule has 206 valence electrons. The summed E-state index contributed by atoms with van der Waals surface area (Å²) in [5.41, 5.74) is 7.54. The van der Waals surface area contributed by atoms with Gasteiger partial charge in [-0.1, -0.05) is 0 Å². The van der Waals surface area contributed by atoms with Gasteiger partial charge in [0.15, 0.2) is 0 Å². The molecule has 2 aromatic carbocycles. The summed E-state index contributed by atoms with van der Waals surface area (Å²) in [5, 5.41) is 15.0. The van der Waals surface area contributed by atoms with E-state index in [1.54, 1.807) is 12.1 Å². The van der Waals surface area contributed by atoms with E-state index < -0.39 is 5.82 Å². The van der Waals surface area contributed by atoms with E-state index in [1.165, 1.54) is 0 Å². The van der Waals surface area contributed by atoms with Gasteiger partial charge < -0.3 is 0 Å². The van der Waals surface area contributed by atoms with Crippen molar-refractivity contribution in [1.29, 1.82) is 5.26 Å². The van der Waals surface area contributed by atoms with Crippen LogP contribution >= 0.6 is 11.6 Å². The molecule has 0 radical (unpaired) electrons. The molecule has 2 bridgehead atoms. The van der Waals surface area contributed by atoms with E-state index in [1.807, 2.05) is 12.1 Å². The zero-order valence-corrected chi connectivity index (χ0v) is 24.6. The average Bonchev–Trinajstić information content (AvgIpc) is 3.62. The molecule has 3 aliphatic rings. The number of nitrogens with one attached hydrogen (secondary N) is 1. The Morgan fingerprint density at radius 2 is 2.05 bits per heavy atom. The molecule has 7 rings (SSSR count). The molecule has 2 aromatic heterocycles. The Hall–Kier alpha value is -2.93. The number of halogens is 2. The van der Waals surface area contributed by atoms with E-state index in [0.717, 1.165) is 49.6 Å². The van der Waals surface area contributed by atoms with E-state index in [2.05, 4.69) is 33.2 Å².